The van der Waals surface area contributed by atoms with Crippen molar-refractivity contribution in [1.82, 2.24) is 10.6 Å². The van der Waals surface area contributed by atoms with Crippen molar-refractivity contribution < 1.29 is 18.8 Å². The van der Waals surface area contributed by atoms with Gasteiger partial charge in [0.2, 0.25) is 0 Å². The van der Waals surface area contributed by atoms with E-state index in [4.69, 9.17) is 0 Å². The number of nitrogens with one attached hydrogen (secondary N) is 3. The van der Waals surface area contributed by atoms with Crippen LogP contribution in [0.15, 0.2) is 72.8 Å². The first kappa shape index (κ1) is 21.7. The number of anilines is 1. The van der Waals surface area contributed by atoms with E-state index >= 15 is 0 Å². The highest BCUT2D eigenvalue weighted by molar-refractivity contribution is 6.40. The molecule has 31 heavy (non-hydrogen) atoms. The van der Waals surface area contributed by atoms with Crippen molar-refractivity contribution in [1.29, 1.82) is 0 Å². The molecule has 0 aliphatic heterocycles. The van der Waals surface area contributed by atoms with Crippen LogP contribution in [0.1, 0.15) is 27.0 Å². The summed E-state index contributed by atoms with van der Waals surface area (Å²) in [6, 6.07) is 19.8. The first-order valence-corrected chi connectivity index (χ1v) is 9.69. The van der Waals surface area contributed by atoms with Crippen molar-refractivity contribution in [2.45, 2.75) is 20.0 Å². The predicted molar refractivity (Wildman–Crippen MR) is 116 cm³/mol. The average molecular weight is 419 g/mol. The van der Waals surface area contributed by atoms with Gasteiger partial charge in [0, 0.05) is 13.1 Å². The van der Waals surface area contributed by atoms with Gasteiger partial charge in [-0.3, -0.25) is 14.4 Å². The Bertz CT molecular complexity index is 1100. The summed E-state index contributed by atoms with van der Waals surface area (Å²) in [5.74, 6) is -2.52. The van der Waals surface area contributed by atoms with Crippen molar-refractivity contribution >= 4 is 23.4 Å². The molecule has 158 valence electrons. The van der Waals surface area contributed by atoms with Gasteiger partial charge >= 0.3 is 11.8 Å². The van der Waals surface area contributed by atoms with E-state index in [1.54, 1.807) is 24.3 Å². The Kier molecular flexibility index (Phi) is 7.11. The summed E-state index contributed by atoms with van der Waals surface area (Å²) in [5, 5.41) is 7.75. The lowest BCUT2D eigenvalue weighted by Crippen LogP contribution is -2.35. The third-order valence-corrected chi connectivity index (χ3v) is 4.53. The Hall–Kier alpha value is -4.00. The van der Waals surface area contributed by atoms with Gasteiger partial charge in [-0.05, 0) is 42.3 Å². The molecule has 0 saturated heterocycles. The van der Waals surface area contributed by atoms with Gasteiger partial charge in [0.15, 0.2) is 0 Å². The fourth-order valence-corrected chi connectivity index (χ4v) is 2.93. The summed E-state index contributed by atoms with van der Waals surface area (Å²) in [4.78, 5) is 37.0. The zero-order chi connectivity index (χ0) is 22.2. The molecule has 3 amide bonds. The summed E-state index contributed by atoms with van der Waals surface area (Å²) in [6.45, 7) is 2.38. The summed E-state index contributed by atoms with van der Waals surface area (Å²) < 4.78 is 12.9. The van der Waals surface area contributed by atoms with E-state index < -0.39 is 11.8 Å². The number of amides is 3. The fourth-order valence-electron chi connectivity index (χ4n) is 2.93. The molecular weight excluding hydrogens is 397 g/mol. The van der Waals surface area contributed by atoms with E-state index in [9.17, 15) is 18.8 Å². The molecule has 3 aromatic carbocycles. The van der Waals surface area contributed by atoms with Crippen molar-refractivity contribution in [3.63, 3.8) is 0 Å². The number of aryl methyl sites for hydroxylation is 1. The summed E-state index contributed by atoms with van der Waals surface area (Å²) in [5.41, 5.74) is 3.17. The van der Waals surface area contributed by atoms with Crippen molar-refractivity contribution in [3.8, 4) is 0 Å². The summed E-state index contributed by atoms with van der Waals surface area (Å²) >= 11 is 0. The molecule has 0 fully saturated rings. The Morgan fingerprint density at radius 1 is 0.774 bits per heavy atom. The smallest absolute Gasteiger partial charge is 0.313 e. The first-order chi connectivity index (χ1) is 14.9. The Labute approximate surface area is 179 Å². The van der Waals surface area contributed by atoms with E-state index in [2.05, 4.69) is 16.0 Å². The lowest BCUT2D eigenvalue weighted by Gasteiger charge is -2.12. The van der Waals surface area contributed by atoms with Crippen LogP contribution in [0.25, 0.3) is 0 Å². The quantitative estimate of drug-likeness (QED) is 0.536. The molecular formula is C24H22FN3O3. The van der Waals surface area contributed by atoms with Crippen LogP contribution in [0.5, 0.6) is 0 Å². The number of rotatable bonds is 6. The van der Waals surface area contributed by atoms with Gasteiger partial charge in [-0.1, -0.05) is 54.1 Å². The Balaban J connectivity index is 1.59. The van der Waals surface area contributed by atoms with Gasteiger partial charge in [0.25, 0.3) is 5.91 Å². The highest BCUT2D eigenvalue weighted by Gasteiger charge is 2.17. The molecule has 6 nitrogen and oxygen atoms in total. The minimum absolute atomic E-state index is 0.0746. The Morgan fingerprint density at radius 2 is 1.48 bits per heavy atom. The molecule has 3 N–H and O–H groups in total. The monoisotopic (exact) mass is 419 g/mol. The van der Waals surface area contributed by atoms with Crippen LogP contribution in [0, 0.1) is 12.7 Å². The van der Waals surface area contributed by atoms with Crippen LogP contribution in [0.2, 0.25) is 0 Å². The third kappa shape index (κ3) is 6.24. The molecule has 0 bridgehead atoms. The highest BCUT2D eigenvalue weighted by atomic mass is 19.1. The SMILES string of the molecule is Cc1cccc(CNC(=O)c2ccccc2NC(=O)C(=O)NCc2ccc(F)cc2)c1. The van der Waals surface area contributed by atoms with Crippen LogP contribution in [0.3, 0.4) is 0 Å². The van der Waals surface area contributed by atoms with Crippen LogP contribution >= 0.6 is 0 Å². The van der Waals surface area contributed by atoms with Gasteiger partial charge in [-0.2, -0.15) is 0 Å². The van der Waals surface area contributed by atoms with E-state index in [1.165, 1.54) is 24.3 Å². The zero-order valence-electron chi connectivity index (χ0n) is 16.9. The summed E-state index contributed by atoms with van der Waals surface area (Å²) in [6.07, 6.45) is 0. The Morgan fingerprint density at radius 3 is 2.23 bits per heavy atom. The van der Waals surface area contributed by atoms with Gasteiger partial charge in [0.1, 0.15) is 5.82 Å². The molecule has 0 atom stereocenters. The highest BCUT2D eigenvalue weighted by Crippen LogP contribution is 2.15. The fraction of sp³-hybridized carbons (Fsp3) is 0.125. The number of halogens is 1. The number of benzene rings is 3. The number of hydrogen-bond acceptors (Lipinski definition) is 3. The van der Waals surface area contributed by atoms with Gasteiger partial charge in [-0.15, -0.1) is 0 Å². The molecule has 0 aliphatic rings. The van der Waals surface area contributed by atoms with E-state index in [0.29, 0.717) is 12.1 Å². The van der Waals surface area contributed by atoms with Crippen molar-refractivity contribution in [3.05, 3.63) is 101 Å². The molecule has 7 heteroatoms. The molecule has 0 aromatic heterocycles. The van der Waals surface area contributed by atoms with Crippen LogP contribution in [-0.2, 0) is 22.7 Å². The normalized spacial score (nSPS) is 10.3. The molecule has 0 spiro atoms. The molecule has 0 aliphatic carbocycles. The van der Waals surface area contributed by atoms with E-state index in [0.717, 1.165) is 11.1 Å². The van der Waals surface area contributed by atoms with E-state index in [-0.39, 0.29) is 29.5 Å². The largest absolute Gasteiger partial charge is 0.348 e. The topological polar surface area (TPSA) is 87.3 Å². The molecule has 3 rings (SSSR count). The zero-order valence-corrected chi connectivity index (χ0v) is 16.9. The molecule has 0 unspecified atom stereocenters. The van der Waals surface area contributed by atoms with E-state index in [1.807, 2.05) is 31.2 Å². The summed E-state index contributed by atoms with van der Waals surface area (Å²) in [7, 11) is 0. The second-order valence-electron chi connectivity index (χ2n) is 6.98. The minimum Gasteiger partial charge on any atom is -0.348 e. The van der Waals surface area contributed by atoms with Gasteiger partial charge in [-0.25, -0.2) is 4.39 Å². The molecule has 0 saturated carbocycles. The maximum Gasteiger partial charge on any atom is 0.313 e. The third-order valence-electron chi connectivity index (χ3n) is 4.53. The van der Waals surface area contributed by atoms with Crippen LogP contribution in [-0.4, -0.2) is 17.7 Å². The molecule has 3 aromatic rings. The first-order valence-electron chi connectivity index (χ1n) is 9.69. The number of para-hydroxylation sites is 1. The number of carbonyl (C=O) groups is 3. The van der Waals surface area contributed by atoms with Crippen molar-refractivity contribution in [2.24, 2.45) is 0 Å². The van der Waals surface area contributed by atoms with Crippen molar-refractivity contribution in [2.75, 3.05) is 5.32 Å². The number of hydrogen-bond donors (Lipinski definition) is 3. The molecule has 0 radical (unpaired) electrons. The van der Waals surface area contributed by atoms with Gasteiger partial charge in [0.05, 0.1) is 11.3 Å². The maximum absolute atomic E-state index is 12.9. The lowest BCUT2D eigenvalue weighted by molar-refractivity contribution is -0.136. The molecule has 0 heterocycles. The van der Waals surface area contributed by atoms with Gasteiger partial charge < -0.3 is 16.0 Å². The average Bonchev–Trinajstić information content (AvgIpc) is 2.77. The standard InChI is InChI=1S/C24H22FN3O3/c1-16-5-4-6-18(13-16)15-26-22(29)20-7-2-3-8-21(20)28-24(31)23(30)27-14-17-9-11-19(25)12-10-17/h2-13H,14-15H2,1H3,(H,26,29)(H,27,30)(H,28,31). The second kappa shape index (κ2) is 10.2. The second-order valence-corrected chi connectivity index (χ2v) is 6.98. The lowest BCUT2D eigenvalue weighted by atomic mass is 10.1. The van der Waals surface area contributed by atoms with Crippen LogP contribution < -0.4 is 16.0 Å². The van der Waals surface area contributed by atoms with Crippen LogP contribution in [0.4, 0.5) is 10.1 Å². The number of carbonyl (C=O) groups excluding carboxylic acids is 3. The predicted octanol–water partition coefficient (Wildman–Crippen LogP) is 3.32. The maximum atomic E-state index is 12.9. The minimum atomic E-state index is -0.902.